The lowest BCUT2D eigenvalue weighted by Crippen LogP contribution is -2.04. The van der Waals surface area contributed by atoms with Crippen LogP contribution in [-0.4, -0.2) is 11.8 Å². The predicted molar refractivity (Wildman–Crippen MR) is 89.7 cm³/mol. The molecule has 0 spiro atoms. The van der Waals surface area contributed by atoms with Crippen molar-refractivity contribution < 1.29 is 14.3 Å². The number of para-hydroxylation sites is 1. The molecule has 0 aliphatic carbocycles. The second-order valence-corrected chi connectivity index (χ2v) is 5.07. The fraction of sp³-hybridized carbons (Fsp3) is 0.368. The van der Waals surface area contributed by atoms with Crippen molar-refractivity contribution in [1.29, 1.82) is 0 Å². The Morgan fingerprint density at radius 2 is 1.86 bits per heavy atom. The van der Waals surface area contributed by atoms with Crippen LogP contribution in [0.4, 0.5) is 0 Å². The van der Waals surface area contributed by atoms with E-state index in [-0.39, 0.29) is 5.78 Å². The molecule has 0 aromatic heterocycles. The molecule has 0 fully saturated rings. The molecule has 0 heterocycles. The molecule has 22 heavy (non-hydrogen) atoms. The maximum Gasteiger partial charge on any atom is 0.335 e. The number of hydrogen-bond acceptors (Lipinski definition) is 3. The van der Waals surface area contributed by atoms with Crippen LogP contribution < -0.4 is 4.74 Å². The Balaban J connectivity index is 2.62. The second kappa shape index (κ2) is 10.6. The smallest absolute Gasteiger partial charge is 0.335 e. The number of ketones is 1. The lowest BCUT2D eigenvalue weighted by Gasteiger charge is -2.05. The number of unbranched alkanes of at least 4 members (excludes halogenated alkanes) is 3. The van der Waals surface area contributed by atoms with Crippen LogP contribution in [0.25, 0.3) is 6.08 Å². The third-order valence-electron chi connectivity index (χ3n) is 3.16. The molecule has 0 radical (unpaired) electrons. The van der Waals surface area contributed by atoms with Gasteiger partial charge >= 0.3 is 5.97 Å². The molecule has 3 nitrogen and oxygen atoms in total. The van der Waals surface area contributed by atoms with Gasteiger partial charge in [-0.05, 0) is 31.6 Å². The third-order valence-corrected chi connectivity index (χ3v) is 3.16. The van der Waals surface area contributed by atoms with Crippen molar-refractivity contribution in [3.05, 3.63) is 48.1 Å². The molecule has 1 aromatic carbocycles. The maximum atomic E-state index is 11.8. The molecule has 0 saturated heterocycles. The van der Waals surface area contributed by atoms with Crippen LogP contribution in [0.2, 0.25) is 0 Å². The molecule has 0 bridgehead atoms. The molecule has 1 aromatic rings. The molecule has 0 N–H and O–H groups in total. The van der Waals surface area contributed by atoms with Crippen LogP contribution in [-0.2, 0) is 9.59 Å². The van der Waals surface area contributed by atoms with Gasteiger partial charge in [-0.3, -0.25) is 4.79 Å². The summed E-state index contributed by atoms with van der Waals surface area (Å²) in [6.07, 6.45) is 11.2. The first-order valence-corrected chi connectivity index (χ1v) is 7.81. The molecule has 0 aliphatic rings. The topological polar surface area (TPSA) is 43.4 Å². The van der Waals surface area contributed by atoms with Gasteiger partial charge in [0.15, 0.2) is 5.78 Å². The average Bonchev–Trinajstić information content (AvgIpc) is 2.51. The quantitative estimate of drug-likeness (QED) is 0.287. The van der Waals surface area contributed by atoms with Crippen LogP contribution >= 0.6 is 0 Å². The van der Waals surface area contributed by atoms with Crippen LogP contribution in [0.15, 0.2) is 42.5 Å². The molecular weight excluding hydrogens is 276 g/mol. The predicted octanol–water partition coefficient (Wildman–Crippen LogP) is 4.72. The summed E-state index contributed by atoms with van der Waals surface area (Å²) >= 11 is 0. The highest BCUT2D eigenvalue weighted by Crippen LogP contribution is 2.20. The van der Waals surface area contributed by atoms with Gasteiger partial charge in [0.2, 0.25) is 0 Å². The Kier molecular flexibility index (Phi) is 8.58. The van der Waals surface area contributed by atoms with Gasteiger partial charge in [0.1, 0.15) is 5.75 Å². The highest BCUT2D eigenvalue weighted by Gasteiger charge is 2.05. The number of allylic oxidation sites excluding steroid dienone is 2. The zero-order valence-corrected chi connectivity index (χ0v) is 13.4. The van der Waals surface area contributed by atoms with Crippen molar-refractivity contribution in [2.45, 2.75) is 46.0 Å². The summed E-state index contributed by atoms with van der Waals surface area (Å²) in [6.45, 7) is 3.90. The molecule has 0 atom stereocenters. The van der Waals surface area contributed by atoms with Crippen LogP contribution in [0, 0.1) is 0 Å². The Morgan fingerprint density at radius 1 is 1.09 bits per heavy atom. The lowest BCUT2D eigenvalue weighted by molar-refractivity contribution is -0.129. The van der Waals surface area contributed by atoms with E-state index in [1.807, 2.05) is 12.1 Å². The number of ether oxygens (including phenoxy) is 1. The Hall–Kier alpha value is -2.16. The van der Waals surface area contributed by atoms with Gasteiger partial charge in [-0.2, -0.15) is 0 Å². The number of rotatable bonds is 9. The minimum Gasteiger partial charge on any atom is -0.423 e. The number of carbonyl (C=O) groups is 2. The molecule has 0 aliphatic heterocycles. The van der Waals surface area contributed by atoms with Crippen LogP contribution in [0.3, 0.4) is 0 Å². The maximum absolute atomic E-state index is 11.8. The molecule has 3 heteroatoms. The molecule has 1 rings (SSSR count). The minimum absolute atomic E-state index is 0.102. The van der Waals surface area contributed by atoms with E-state index in [2.05, 4.69) is 6.92 Å². The summed E-state index contributed by atoms with van der Waals surface area (Å²) in [4.78, 5) is 23.3. The van der Waals surface area contributed by atoms with E-state index >= 15 is 0 Å². The van der Waals surface area contributed by atoms with E-state index < -0.39 is 5.97 Å². The van der Waals surface area contributed by atoms with E-state index in [9.17, 15) is 9.59 Å². The number of hydrogen-bond donors (Lipinski definition) is 0. The summed E-state index contributed by atoms with van der Waals surface area (Å²) in [5.74, 6) is 0.139. The van der Waals surface area contributed by atoms with Gasteiger partial charge in [-0.1, -0.05) is 50.5 Å². The molecular formula is C19H24O3. The van der Waals surface area contributed by atoms with Crippen LogP contribution in [0.5, 0.6) is 5.75 Å². The van der Waals surface area contributed by atoms with Gasteiger partial charge < -0.3 is 4.74 Å². The standard InChI is InChI=1S/C19H24O3/c1-3-5-6-7-12-17(20)15-14-16-11-8-9-13-18(16)22-19(21)10-4-2/h4,8-11,13-15H,3,5-7,12H2,1-2H3/b10-4+,15-14+. The van der Waals surface area contributed by atoms with E-state index in [0.717, 1.165) is 24.8 Å². The summed E-state index contributed by atoms with van der Waals surface area (Å²) in [5, 5.41) is 0. The van der Waals surface area contributed by atoms with Crippen molar-refractivity contribution in [1.82, 2.24) is 0 Å². The van der Waals surface area contributed by atoms with Crippen molar-refractivity contribution in [2.75, 3.05) is 0 Å². The number of esters is 1. The normalized spacial score (nSPS) is 11.2. The van der Waals surface area contributed by atoms with Crippen molar-refractivity contribution in [3.63, 3.8) is 0 Å². The summed E-state index contributed by atoms with van der Waals surface area (Å²) in [5.41, 5.74) is 0.724. The van der Waals surface area contributed by atoms with Gasteiger partial charge in [0, 0.05) is 18.1 Å². The highest BCUT2D eigenvalue weighted by atomic mass is 16.5. The fourth-order valence-electron chi connectivity index (χ4n) is 1.98. The minimum atomic E-state index is -0.422. The fourth-order valence-corrected chi connectivity index (χ4v) is 1.98. The molecule has 0 amide bonds. The largest absolute Gasteiger partial charge is 0.423 e. The third kappa shape index (κ3) is 7.02. The van der Waals surface area contributed by atoms with Crippen molar-refractivity contribution in [3.8, 4) is 5.75 Å². The monoisotopic (exact) mass is 300 g/mol. The Labute approximate surface area is 132 Å². The number of benzene rings is 1. The summed E-state index contributed by atoms with van der Waals surface area (Å²) in [6, 6.07) is 7.17. The summed E-state index contributed by atoms with van der Waals surface area (Å²) in [7, 11) is 0. The molecule has 0 unspecified atom stereocenters. The van der Waals surface area contributed by atoms with Crippen LogP contribution in [0.1, 0.15) is 51.5 Å². The van der Waals surface area contributed by atoms with Crippen molar-refractivity contribution in [2.24, 2.45) is 0 Å². The molecule has 118 valence electrons. The Bertz CT molecular complexity index is 541. The SMILES string of the molecule is C/C=C/C(=O)Oc1ccccc1/C=C/C(=O)CCCCCC. The average molecular weight is 300 g/mol. The van der Waals surface area contributed by atoms with E-state index in [1.165, 1.54) is 12.5 Å². The van der Waals surface area contributed by atoms with E-state index in [1.54, 1.807) is 37.3 Å². The van der Waals surface area contributed by atoms with E-state index in [4.69, 9.17) is 4.74 Å². The first kappa shape index (κ1) is 17.9. The van der Waals surface area contributed by atoms with Gasteiger partial charge in [0.05, 0.1) is 0 Å². The van der Waals surface area contributed by atoms with E-state index in [0.29, 0.717) is 12.2 Å². The van der Waals surface area contributed by atoms with Gasteiger partial charge in [-0.25, -0.2) is 4.79 Å². The first-order chi connectivity index (χ1) is 10.7. The number of carbonyl (C=O) groups excluding carboxylic acids is 2. The lowest BCUT2D eigenvalue weighted by atomic mass is 10.1. The highest BCUT2D eigenvalue weighted by molar-refractivity contribution is 5.94. The second-order valence-electron chi connectivity index (χ2n) is 5.07. The van der Waals surface area contributed by atoms with Crippen molar-refractivity contribution >= 4 is 17.8 Å². The zero-order valence-electron chi connectivity index (χ0n) is 13.4. The van der Waals surface area contributed by atoms with Gasteiger partial charge in [-0.15, -0.1) is 0 Å². The Morgan fingerprint density at radius 3 is 2.59 bits per heavy atom. The summed E-state index contributed by atoms with van der Waals surface area (Å²) < 4.78 is 5.24. The van der Waals surface area contributed by atoms with Gasteiger partial charge in [0.25, 0.3) is 0 Å². The molecule has 0 saturated carbocycles. The zero-order chi connectivity index (χ0) is 16.2. The first-order valence-electron chi connectivity index (χ1n) is 7.81.